The van der Waals surface area contributed by atoms with Gasteiger partial charge in [0.1, 0.15) is 5.92 Å². The molecule has 0 aromatic rings. The number of rotatable bonds is 0. The molecule has 1 aliphatic carbocycles. The van der Waals surface area contributed by atoms with Gasteiger partial charge >= 0.3 is 0 Å². The van der Waals surface area contributed by atoms with E-state index in [-0.39, 0.29) is 6.10 Å². The van der Waals surface area contributed by atoms with Crippen LogP contribution in [0.5, 0.6) is 0 Å². The summed E-state index contributed by atoms with van der Waals surface area (Å²) in [6, 6.07) is 0. The summed E-state index contributed by atoms with van der Waals surface area (Å²) in [5.41, 5.74) is 0.912. The number of nitrogens with zero attached hydrogens (tertiary/aromatic N) is 1. The zero-order valence-electron chi connectivity index (χ0n) is 5.82. The lowest BCUT2D eigenvalue weighted by Gasteiger charge is -1.97. The molecule has 1 N–H and O–H groups in total. The lowest BCUT2D eigenvalue weighted by Crippen LogP contribution is -2.14. The molecule has 0 amide bonds. The lowest BCUT2D eigenvalue weighted by molar-refractivity contribution is -0.958. The highest BCUT2D eigenvalue weighted by atomic mass is 16.9. The Morgan fingerprint density at radius 2 is 2.60 bits per heavy atom. The quantitative estimate of drug-likeness (QED) is 0.397. The van der Waals surface area contributed by atoms with Crippen molar-refractivity contribution in [2.45, 2.75) is 19.4 Å². The highest BCUT2D eigenvalue weighted by molar-refractivity contribution is 5.81. The van der Waals surface area contributed by atoms with Gasteiger partial charge in [0, 0.05) is 6.92 Å². The first kappa shape index (κ1) is 5.77. The van der Waals surface area contributed by atoms with Crippen molar-refractivity contribution in [3.63, 3.8) is 0 Å². The first-order valence-corrected chi connectivity index (χ1v) is 3.45. The molecule has 0 fully saturated rings. The van der Waals surface area contributed by atoms with Crippen LogP contribution in [0.3, 0.4) is 0 Å². The average Bonchev–Trinajstić information content (AvgIpc) is 2.41. The Kier molecular flexibility index (Phi) is 1.01. The van der Waals surface area contributed by atoms with Gasteiger partial charge in [0.15, 0.2) is 4.90 Å². The van der Waals surface area contributed by atoms with E-state index in [0.29, 0.717) is 5.92 Å². The largest absolute Gasteiger partial charge is 0.269 e. The van der Waals surface area contributed by atoms with Gasteiger partial charge in [-0.2, -0.15) is 0 Å². The van der Waals surface area contributed by atoms with E-state index in [1.807, 2.05) is 13.0 Å². The van der Waals surface area contributed by atoms with E-state index < -0.39 is 0 Å². The van der Waals surface area contributed by atoms with Gasteiger partial charge in [-0.1, -0.05) is 6.08 Å². The fourth-order valence-electron chi connectivity index (χ4n) is 1.48. The van der Waals surface area contributed by atoms with Crippen LogP contribution in [-0.2, 0) is 4.84 Å². The smallest absolute Gasteiger partial charge is 0.245 e. The molecule has 0 aromatic carbocycles. The highest BCUT2D eigenvalue weighted by Gasteiger charge is 2.43. The van der Waals surface area contributed by atoms with E-state index in [9.17, 15) is 0 Å². The van der Waals surface area contributed by atoms with Gasteiger partial charge in [-0.25, -0.2) is 10.0 Å². The standard InChI is InChI=1S/C7H10NO2/c1-5-6-3-2-4-7(6)10-8(5)9/h2,4,6-7,9H,3H2,1H3/q+1. The summed E-state index contributed by atoms with van der Waals surface area (Å²) in [7, 11) is 0. The van der Waals surface area contributed by atoms with E-state index in [0.717, 1.165) is 17.0 Å². The van der Waals surface area contributed by atoms with Crippen molar-refractivity contribution in [1.82, 2.24) is 0 Å². The summed E-state index contributed by atoms with van der Waals surface area (Å²) in [5, 5.41) is 9.04. The predicted molar refractivity (Wildman–Crippen MR) is 34.8 cm³/mol. The Bertz CT molecular complexity index is 220. The first-order chi connectivity index (χ1) is 4.79. The van der Waals surface area contributed by atoms with E-state index in [1.54, 1.807) is 0 Å². The molecule has 3 nitrogen and oxygen atoms in total. The molecule has 2 rings (SSSR count). The predicted octanol–water partition coefficient (Wildman–Crippen LogP) is 0.739. The maximum Gasteiger partial charge on any atom is 0.269 e. The summed E-state index contributed by atoms with van der Waals surface area (Å²) < 4.78 is 0. The third-order valence-electron chi connectivity index (χ3n) is 2.17. The van der Waals surface area contributed by atoms with Gasteiger partial charge < -0.3 is 0 Å². The number of hydrogen-bond acceptors (Lipinski definition) is 2. The van der Waals surface area contributed by atoms with Crippen molar-refractivity contribution >= 4 is 5.71 Å². The number of hydrogen-bond donors (Lipinski definition) is 1. The second kappa shape index (κ2) is 1.75. The molecule has 10 heavy (non-hydrogen) atoms. The van der Waals surface area contributed by atoms with Crippen LogP contribution >= 0.6 is 0 Å². The fourth-order valence-corrected chi connectivity index (χ4v) is 1.48. The summed E-state index contributed by atoms with van der Waals surface area (Å²) >= 11 is 0. The first-order valence-electron chi connectivity index (χ1n) is 3.45. The summed E-state index contributed by atoms with van der Waals surface area (Å²) in [5.74, 6) is 0.380. The number of fused-ring (bicyclic) bond motifs is 1. The van der Waals surface area contributed by atoms with E-state index >= 15 is 0 Å². The third-order valence-corrected chi connectivity index (χ3v) is 2.17. The van der Waals surface area contributed by atoms with Crippen molar-refractivity contribution in [3.05, 3.63) is 12.2 Å². The van der Waals surface area contributed by atoms with Crippen LogP contribution < -0.4 is 0 Å². The topological polar surface area (TPSA) is 32.5 Å². The van der Waals surface area contributed by atoms with Gasteiger partial charge in [0.25, 0.3) is 5.71 Å². The van der Waals surface area contributed by atoms with Crippen LogP contribution in [0.2, 0.25) is 0 Å². The lowest BCUT2D eigenvalue weighted by atomic mass is 10.0. The zero-order chi connectivity index (χ0) is 7.14. The van der Waals surface area contributed by atoms with Crippen LogP contribution in [0.15, 0.2) is 12.2 Å². The van der Waals surface area contributed by atoms with Gasteiger partial charge in [0.2, 0.25) is 6.10 Å². The van der Waals surface area contributed by atoms with Crippen LogP contribution in [0.25, 0.3) is 0 Å². The van der Waals surface area contributed by atoms with Gasteiger partial charge in [0.05, 0.1) is 0 Å². The molecule has 0 radical (unpaired) electrons. The van der Waals surface area contributed by atoms with Crippen molar-refractivity contribution in [2.24, 2.45) is 5.92 Å². The van der Waals surface area contributed by atoms with Crippen molar-refractivity contribution in [2.75, 3.05) is 0 Å². The van der Waals surface area contributed by atoms with E-state index in [1.165, 1.54) is 0 Å². The zero-order valence-corrected chi connectivity index (χ0v) is 5.82. The van der Waals surface area contributed by atoms with Gasteiger partial charge in [-0.3, -0.25) is 0 Å². The highest BCUT2D eigenvalue weighted by Crippen LogP contribution is 2.27. The molecular formula is C7H10NO2+. The van der Waals surface area contributed by atoms with Crippen molar-refractivity contribution < 1.29 is 14.9 Å². The molecule has 0 spiro atoms. The normalized spacial score (nSPS) is 36.5. The maximum absolute atomic E-state index is 9.04. The molecular weight excluding hydrogens is 130 g/mol. The Morgan fingerprint density at radius 3 is 3.30 bits per heavy atom. The van der Waals surface area contributed by atoms with Crippen molar-refractivity contribution in [1.29, 1.82) is 0 Å². The monoisotopic (exact) mass is 140 g/mol. The molecule has 54 valence electrons. The minimum Gasteiger partial charge on any atom is -0.245 e. The molecule has 1 aliphatic heterocycles. The molecule has 1 heterocycles. The minimum atomic E-state index is 0.0880. The summed E-state index contributed by atoms with van der Waals surface area (Å²) in [6.07, 6.45) is 5.16. The third kappa shape index (κ3) is 0.574. The molecule has 2 atom stereocenters. The Hall–Kier alpha value is -0.990. The molecule has 0 saturated heterocycles. The Balaban J connectivity index is 2.26. The van der Waals surface area contributed by atoms with E-state index in [2.05, 4.69) is 6.08 Å². The van der Waals surface area contributed by atoms with Gasteiger partial charge in [-0.05, 0) is 12.5 Å². The van der Waals surface area contributed by atoms with Crippen LogP contribution in [-0.4, -0.2) is 21.9 Å². The summed E-state index contributed by atoms with van der Waals surface area (Å²) in [4.78, 5) is 5.95. The van der Waals surface area contributed by atoms with Gasteiger partial charge in [-0.15, -0.1) is 0 Å². The van der Waals surface area contributed by atoms with Crippen LogP contribution in [0.4, 0.5) is 0 Å². The SMILES string of the molecule is CC1=[N+](O)OC2C=CCC12. The van der Waals surface area contributed by atoms with Crippen LogP contribution in [0.1, 0.15) is 13.3 Å². The molecule has 0 saturated carbocycles. The molecule has 2 aliphatic rings. The molecule has 3 heteroatoms. The number of allylic oxidation sites excluding steroid dienone is 1. The van der Waals surface area contributed by atoms with E-state index in [4.69, 9.17) is 10.0 Å². The second-order valence-electron chi connectivity index (χ2n) is 2.75. The molecule has 0 aromatic heterocycles. The second-order valence-corrected chi connectivity index (χ2v) is 2.75. The molecule has 2 unspecified atom stereocenters. The molecule has 0 bridgehead atoms. The average molecular weight is 140 g/mol. The minimum absolute atomic E-state index is 0.0880. The van der Waals surface area contributed by atoms with Crippen LogP contribution in [0, 0.1) is 5.92 Å². The Morgan fingerprint density at radius 1 is 1.80 bits per heavy atom. The summed E-state index contributed by atoms with van der Waals surface area (Å²) in [6.45, 7) is 1.89. The maximum atomic E-state index is 9.04. The Labute approximate surface area is 59.1 Å². The fraction of sp³-hybridized carbons (Fsp3) is 0.571. The van der Waals surface area contributed by atoms with Crippen molar-refractivity contribution in [3.8, 4) is 0 Å².